The number of pyridine rings is 1. The Morgan fingerprint density at radius 1 is 1.31 bits per heavy atom. The molecule has 16 heavy (non-hydrogen) atoms. The minimum atomic E-state index is 0.569. The quantitative estimate of drug-likeness (QED) is 0.842. The van der Waals surface area contributed by atoms with E-state index in [9.17, 15) is 0 Å². The summed E-state index contributed by atoms with van der Waals surface area (Å²) in [6.45, 7) is 2.17. The van der Waals surface area contributed by atoms with Crippen molar-refractivity contribution in [1.29, 1.82) is 0 Å². The van der Waals surface area contributed by atoms with Crippen molar-refractivity contribution in [2.45, 2.75) is 18.8 Å². The minimum Gasteiger partial charge on any atom is -0.317 e. The van der Waals surface area contributed by atoms with Gasteiger partial charge in [0, 0.05) is 16.6 Å². The van der Waals surface area contributed by atoms with Gasteiger partial charge in [-0.15, -0.1) is 0 Å². The Balaban J connectivity index is 2.03. The summed E-state index contributed by atoms with van der Waals surface area (Å²) in [5.41, 5.74) is 3.17. The third-order valence-corrected chi connectivity index (χ3v) is 3.57. The summed E-state index contributed by atoms with van der Waals surface area (Å²) in [5, 5.41) is 10.8. The van der Waals surface area contributed by atoms with E-state index < -0.39 is 0 Å². The molecule has 0 radical (unpaired) electrons. The van der Waals surface area contributed by atoms with E-state index in [1.54, 1.807) is 0 Å². The number of piperidine rings is 1. The van der Waals surface area contributed by atoms with Gasteiger partial charge in [0.05, 0.1) is 5.69 Å². The maximum absolute atomic E-state index is 4.45. The molecular weight excluding hydrogens is 268 g/mol. The van der Waals surface area contributed by atoms with Crippen LogP contribution in [0.1, 0.15) is 24.5 Å². The fourth-order valence-electron chi connectivity index (χ4n) is 2.29. The normalized spacial score (nSPS) is 18.1. The number of aromatic amines is 1. The van der Waals surface area contributed by atoms with Gasteiger partial charge in [0.2, 0.25) is 0 Å². The Kier molecular flexibility index (Phi) is 2.65. The van der Waals surface area contributed by atoms with Crippen LogP contribution in [0, 0.1) is 0 Å². The molecule has 0 unspecified atom stereocenters. The molecule has 0 spiro atoms. The number of fused-ring (bicyclic) bond motifs is 1. The molecule has 5 heteroatoms. The van der Waals surface area contributed by atoms with Crippen LogP contribution in [0.15, 0.2) is 16.7 Å². The van der Waals surface area contributed by atoms with E-state index in [1.165, 1.54) is 5.69 Å². The first kappa shape index (κ1) is 10.2. The molecule has 0 aliphatic carbocycles. The van der Waals surface area contributed by atoms with Gasteiger partial charge in [-0.3, -0.25) is 10.1 Å². The third-order valence-electron chi connectivity index (χ3n) is 3.13. The van der Waals surface area contributed by atoms with E-state index in [4.69, 9.17) is 0 Å². The number of nitrogens with zero attached hydrogens (tertiary/aromatic N) is 2. The predicted octanol–water partition coefficient (Wildman–Crippen LogP) is 2.19. The molecule has 2 aromatic rings. The van der Waals surface area contributed by atoms with Crippen LogP contribution in [0.5, 0.6) is 0 Å². The highest BCUT2D eigenvalue weighted by Gasteiger charge is 2.20. The summed E-state index contributed by atoms with van der Waals surface area (Å²) in [6, 6.07) is 2.00. The van der Waals surface area contributed by atoms with Gasteiger partial charge in [0.15, 0.2) is 0 Å². The van der Waals surface area contributed by atoms with Crippen molar-refractivity contribution in [3.63, 3.8) is 0 Å². The SMILES string of the molecule is Brc1cnc2c(C3CCNCC3)[nH]nc2c1. The summed E-state index contributed by atoms with van der Waals surface area (Å²) in [7, 11) is 0. The largest absolute Gasteiger partial charge is 0.317 e. The molecular formula is C11H13BrN4. The van der Waals surface area contributed by atoms with Crippen LogP contribution in [0.25, 0.3) is 11.0 Å². The molecule has 3 heterocycles. The summed E-state index contributed by atoms with van der Waals surface area (Å²) < 4.78 is 0.975. The molecule has 4 nitrogen and oxygen atoms in total. The highest BCUT2D eigenvalue weighted by Crippen LogP contribution is 2.29. The van der Waals surface area contributed by atoms with Crippen LogP contribution in [0.2, 0.25) is 0 Å². The van der Waals surface area contributed by atoms with Crippen LogP contribution < -0.4 is 5.32 Å². The predicted molar refractivity (Wildman–Crippen MR) is 66.4 cm³/mol. The van der Waals surface area contributed by atoms with Crippen molar-refractivity contribution >= 4 is 27.0 Å². The lowest BCUT2D eigenvalue weighted by Gasteiger charge is -2.21. The molecule has 0 atom stereocenters. The summed E-state index contributed by atoms with van der Waals surface area (Å²) in [5.74, 6) is 0.569. The first-order valence-electron chi connectivity index (χ1n) is 5.55. The average Bonchev–Trinajstić information content (AvgIpc) is 2.73. The zero-order chi connectivity index (χ0) is 11.0. The van der Waals surface area contributed by atoms with Crippen molar-refractivity contribution in [3.8, 4) is 0 Å². The Morgan fingerprint density at radius 2 is 2.12 bits per heavy atom. The van der Waals surface area contributed by atoms with Crippen LogP contribution in [0.3, 0.4) is 0 Å². The second-order valence-electron chi connectivity index (χ2n) is 4.18. The summed E-state index contributed by atoms with van der Waals surface area (Å²) in [4.78, 5) is 4.45. The molecule has 1 saturated heterocycles. The molecule has 0 amide bonds. The number of hydrogen-bond donors (Lipinski definition) is 2. The average molecular weight is 281 g/mol. The maximum Gasteiger partial charge on any atom is 0.112 e. The lowest BCUT2D eigenvalue weighted by molar-refractivity contribution is 0.454. The summed E-state index contributed by atoms with van der Waals surface area (Å²) >= 11 is 3.41. The van der Waals surface area contributed by atoms with E-state index in [-0.39, 0.29) is 0 Å². The maximum atomic E-state index is 4.45. The molecule has 0 aromatic carbocycles. The Hall–Kier alpha value is -0.940. The molecule has 1 aliphatic heterocycles. The van der Waals surface area contributed by atoms with Crippen LogP contribution in [-0.2, 0) is 0 Å². The molecule has 2 N–H and O–H groups in total. The molecule has 1 aliphatic rings. The second-order valence-corrected chi connectivity index (χ2v) is 5.10. The van der Waals surface area contributed by atoms with Gasteiger partial charge >= 0.3 is 0 Å². The highest BCUT2D eigenvalue weighted by atomic mass is 79.9. The van der Waals surface area contributed by atoms with Gasteiger partial charge in [-0.2, -0.15) is 5.10 Å². The third kappa shape index (κ3) is 1.74. The fraction of sp³-hybridized carbons (Fsp3) is 0.455. The van der Waals surface area contributed by atoms with Gasteiger partial charge in [0.25, 0.3) is 0 Å². The van der Waals surface area contributed by atoms with Crippen molar-refractivity contribution < 1.29 is 0 Å². The number of halogens is 1. The first-order chi connectivity index (χ1) is 7.84. The van der Waals surface area contributed by atoms with Crippen molar-refractivity contribution in [3.05, 3.63) is 22.4 Å². The zero-order valence-corrected chi connectivity index (χ0v) is 10.4. The zero-order valence-electron chi connectivity index (χ0n) is 8.83. The summed E-state index contributed by atoms with van der Waals surface area (Å²) in [6.07, 6.45) is 4.16. The molecule has 3 rings (SSSR count). The van der Waals surface area contributed by atoms with Gasteiger partial charge in [0.1, 0.15) is 11.0 Å². The van der Waals surface area contributed by atoms with E-state index in [0.29, 0.717) is 5.92 Å². The minimum absolute atomic E-state index is 0.569. The Morgan fingerprint density at radius 3 is 2.94 bits per heavy atom. The van der Waals surface area contributed by atoms with Crippen LogP contribution in [0.4, 0.5) is 0 Å². The van der Waals surface area contributed by atoms with E-state index in [0.717, 1.165) is 41.4 Å². The smallest absolute Gasteiger partial charge is 0.112 e. The Labute approximate surface area is 102 Å². The lowest BCUT2D eigenvalue weighted by Crippen LogP contribution is -2.26. The molecule has 0 saturated carbocycles. The van der Waals surface area contributed by atoms with Gasteiger partial charge in [-0.05, 0) is 47.9 Å². The number of H-pyrrole nitrogens is 1. The standard InChI is InChI=1S/C11H13BrN4/c12-8-5-9-11(14-6-8)10(16-15-9)7-1-3-13-4-2-7/h5-7,13H,1-4H2,(H,15,16). The van der Waals surface area contributed by atoms with Crippen molar-refractivity contribution in [2.75, 3.05) is 13.1 Å². The number of rotatable bonds is 1. The fourth-order valence-corrected chi connectivity index (χ4v) is 2.61. The first-order valence-corrected chi connectivity index (χ1v) is 6.34. The number of hydrogen-bond acceptors (Lipinski definition) is 3. The Bertz CT molecular complexity index is 502. The van der Waals surface area contributed by atoms with E-state index in [1.807, 2.05) is 12.3 Å². The van der Waals surface area contributed by atoms with E-state index >= 15 is 0 Å². The van der Waals surface area contributed by atoms with Crippen LogP contribution in [-0.4, -0.2) is 28.3 Å². The second kappa shape index (κ2) is 4.14. The number of nitrogens with one attached hydrogen (secondary N) is 2. The van der Waals surface area contributed by atoms with Crippen LogP contribution >= 0.6 is 15.9 Å². The highest BCUT2D eigenvalue weighted by molar-refractivity contribution is 9.10. The molecule has 84 valence electrons. The topological polar surface area (TPSA) is 53.6 Å². The number of aromatic nitrogens is 3. The van der Waals surface area contributed by atoms with Gasteiger partial charge < -0.3 is 5.32 Å². The van der Waals surface area contributed by atoms with Crippen molar-refractivity contribution in [2.24, 2.45) is 0 Å². The van der Waals surface area contributed by atoms with Crippen molar-refractivity contribution in [1.82, 2.24) is 20.5 Å². The van der Waals surface area contributed by atoms with E-state index in [2.05, 4.69) is 36.4 Å². The van der Waals surface area contributed by atoms with Gasteiger partial charge in [-0.25, -0.2) is 0 Å². The molecule has 0 bridgehead atoms. The monoisotopic (exact) mass is 280 g/mol. The van der Waals surface area contributed by atoms with Gasteiger partial charge in [-0.1, -0.05) is 0 Å². The lowest BCUT2D eigenvalue weighted by atomic mass is 9.94. The molecule has 2 aromatic heterocycles. The molecule has 1 fully saturated rings.